The summed E-state index contributed by atoms with van der Waals surface area (Å²) in [4.78, 5) is 0. The van der Waals surface area contributed by atoms with Crippen molar-refractivity contribution < 1.29 is 23.4 Å². The van der Waals surface area contributed by atoms with Gasteiger partial charge in [0.25, 0.3) is 11.1 Å². The number of methoxy groups -OCH3 is 1. The van der Waals surface area contributed by atoms with Crippen molar-refractivity contribution in [2.45, 2.75) is 11.3 Å². The predicted molar refractivity (Wildman–Crippen MR) is 87.2 cm³/mol. The van der Waals surface area contributed by atoms with Gasteiger partial charge in [-0.3, -0.25) is 0 Å². The minimum absolute atomic E-state index is 0.165. The number of aliphatic hydroxyl groups is 1. The number of thioether (sulfide) groups is 1. The zero-order chi connectivity index (χ0) is 16.8. The highest BCUT2D eigenvalue weighted by Gasteiger charge is 2.13. The molecule has 0 aliphatic heterocycles. The van der Waals surface area contributed by atoms with Gasteiger partial charge in [-0.05, 0) is 36.4 Å². The van der Waals surface area contributed by atoms with E-state index in [0.29, 0.717) is 28.4 Å². The van der Waals surface area contributed by atoms with E-state index in [2.05, 4.69) is 10.2 Å². The lowest BCUT2D eigenvalue weighted by atomic mass is 10.3. The Morgan fingerprint density at radius 1 is 1.17 bits per heavy atom. The molecule has 1 aromatic carbocycles. The van der Waals surface area contributed by atoms with Gasteiger partial charge in [-0.15, -0.1) is 10.2 Å². The van der Waals surface area contributed by atoms with Crippen LogP contribution in [0.1, 0.15) is 0 Å². The summed E-state index contributed by atoms with van der Waals surface area (Å²) >= 11 is 1.26. The molecule has 24 heavy (non-hydrogen) atoms. The number of ether oxygens (including phenoxy) is 2. The quantitative estimate of drug-likeness (QED) is 0.622. The topological polar surface area (TPSA) is 90.8 Å². The zero-order valence-corrected chi connectivity index (χ0v) is 13.7. The third-order valence-electron chi connectivity index (χ3n) is 3.04. The molecule has 1 unspecified atom stereocenters. The average molecular weight is 348 g/mol. The number of nitrogens with zero attached hydrogens (tertiary/aromatic N) is 2. The lowest BCUT2D eigenvalue weighted by Crippen LogP contribution is -2.20. The summed E-state index contributed by atoms with van der Waals surface area (Å²) in [7, 11) is 1.60. The number of rotatable bonds is 8. The highest BCUT2D eigenvalue weighted by Crippen LogP contribution is 2.24. The van der Waals surface area contributed by atoms with Gasteiger partial charge in [-0.25, -0.2) is 0 Å². The molecule has 0 aliphatic rings. The number of benzene rings is 1. The van der Waals surface area contributed by atoms with Crippen molar-refractivity contribution in [2.75, 3.05) is 19.5 Å². The Hall–Kier alpha value is -2.45. The molecule has 0 spiro atoms. The third kappa shape index (κ3) is 4.30. The van der Waals surface area contributed by atoms with Gasteiger partial charge < -0.3 is 23.4 Å². The number of furan rings is 1. The standard InChI is InChI=1S/C16H16N2O5S/c1-20-12-4-6-13(7-5-12)22-9-11(19)10-24-16-18-17-15(23-16)14-3-2-8-21-14/h2-8,11,19H,9-10H2,1H3. The molecule has 0 saturated heterocycles. The van der Waals surface area contributed by atoms with Gasteiger partial charge in [0, 0.05) is 5.75 Å². The van der Waals surface area contributed by atoms with Gasteiger partial charge in [-0.1, -0.05) is 11.8 Å². The molecule has 0 saturated carbocycles. The molecular weight excluding hydrogens is 332 g/mol. The molecule has 3 rings (SSSR count). The zero-order valence-electron chi connectivity index (χ0n) is 12.9. The molecule has 0 aliphatic carbocycles. The highest BCUT2D eigenvalue weighted by molar-refractivity contribution is 7.99. The van der Waals surface area contributed by atoms with Crippen LogP contribution in [-0.4, -0.2) is 40.9 Å². The van der Waals surface area contributed by atoms with Crippen molar-refractivity contribution in [1.29, 1.82) is 0 Å². The first kappa shape index (κ1) is 16.4. The molecule has 1 N–H and O–H groups in total. The Kier molecular flexibility index (Phi) is 5.39. The molecule has 0 amide bonds. The number of aromatic nitrogens is 2. The van der Waals surface area contributed by atoms with Crippen molar-refractivity contribution in [1.82, 2.24) is 10.2 Å². The summed E-state index contributed by atoms with van der Waals surface area (Å²) in [6.07, 6.45) is 0.864. The second kappa shape index (κ2) is 7.89. The van der Waals surface area contributed by atoms with E-state index in [1.807, 2.05) is 0 Å². The van der Waals surface area contributed by atoms with Crippen LogP contribution in [-0.2, 0) is 0 Å². The van der Waals surface area contributed by atoms with Gasteiger partial charge in [0.1, 0.15) is 18.1 Å². The highest BCUT2D eigenvalue weighted by atomic mass is 32.2. The van der Waals surface area contributed by atoms with Gasteiger partial charge in [0.15, 0.2) is 5.76 Å². The van der Waals surface area contributed by atoms with Crippen LogP contribution >= 0.6 is 11.8 Å². The van der Waals surface area contributed by atoms with E-state index >= 15 is 0 Å². The van der Waals surface area contributed by atoms with Crippen molar-refractivity contribution in [2.24, 2.45) is 0 Å². The number of aliphatic hydroxyl groups excluding tert-OH is 1. The third-order valence-corrected chi connectivity index (χ3v) is 4.00. The maximum atomic E-state index is 9.98. The average Bonchev–Trinajstić information content (AvgIpc) is 3.29. The van der Waals surface area contributed by atoms with Crippen LogP contribution in [0.3, 0.4) is 0 Å². The van der Waals surface area contributed by atoms with Crippen molar-refractivity contribution in [3.63, 3.8) is 0 Å². The van der Waals surface area contributed by atoms with Gasteiger partial charge >= 0.3 is 0 Å². The van der Waals surface area contributed by atoms with Gasteiger partial charge in [0.05, 0.1) is 19.5 Å². The molecule has 0 radical (unpaired) electrons. The molecule has 1 atom stereocenters. The van der Waals surface area contributed by atoms with Crippen LogP contribution in [0.2, 0.25) is 0 Å². The summed E-state index contributed by atoms with van der Waals surface area (Å²) in [5, 5.41) is 18.1. The SMILES string of the molecule is COc1ccc(OCC(O)CSc2nnc(-c3ccco3)o2)cc1. The fourth-order valence-corrected chi connectivity index (χ4v) is 2.52. The molecule has 7 nitrogen and oxygen atoms in total. The molecule has 126 valence electrons. The van der Waals surface area contributed by atoms with E-state index in [-0.39, 0.29) is 6.61 Å². The molecule has 2 aromatic heterocycles. The summed E-state index contributed by atoms with van der Waals surface area (Å²) in [6.45, 7) is 0.165. The summed E-state index contributed by atoms with van der Waals surface area (Å²) < 4.78 is 21.2. The van der Waals surface area contributed by atoms with E-state index in [4.69, 9.17) is 18.3 Å². The van der Waals surface area contributed by atoms with Crippen LogP contribution in [0.5, 0.6) is 11.5 Å². The smallest absolute Gasteiger partial charge is 0.284 e. The maximum absolute atomic E-state index is 9.98. The van der Waals surface area contributed by atoms with Crippen LogP contribution in [0.25, 0.3) is 11.7 Å². The Labute approximate surface area is 142 Å². The van der Waals surface area contributed by atoms with E-state index in [1.165, 1.54) is 18.0 Å². The normalized spacial score (nSPS) is 12.1. The summed E-state index contributed by atoms with van der Waals surface area (Å²) in [6, 6.07) is 10.6. The Morgan fingerprint density at radius 2 is 1.96 bits per heavy atom. The van der Waals surface area contributed by atoms with E-state index in [1.54, 1.807) is 43.5 Å². The lowest BCUT2D eigenvalue weighted by Gasteiger charge is -2.11. The van der Waals surface area contributed by atoms with Crippen LogP contribution in [0.4, 0.5) is 0 Å². The van der Waals surface area contributed by atoms with Crippen LogP contribution in [0.15, 0.2) is 56.7 Å². The monoisotopic (exact) mass is 348 g/mol. The first-order chi connectivity index (χ1) is 11.7. The Bertz CT molecular complexity index is 742. The minimum atomic E-state index is -0.670. The van der Waals surface area contributed by atoms with Gasteiger partial charge in [0.2, 0.25) is 0 Å². The van der Waals surface area contributed by atoms with E-state index in [0.717, 1.165) is 5.75 Å². The fourth-order valence-electron chi connectivity index (χ4n) is 1.85. The number of hydrogen-bond donors (Lipinski definition) is 1. The second-order valence-electron chi connectivity index (χ2n) is 4.80. The molecule has 8 heteroatoms. The molecular formula is C16H16N2O5S. The van der Waals surface area contributed by atoms with Crippen LogP contribution < -0.4 is 9.47 Å². The molecule has 2 heterocycles. The summed E-state index contributed by atoms with van der Waals surface area (Å²) in [5.41, 5.74) is 0. The largest absolute Gasteiger partial charge is 0.497 e. The predicted octanol–water partition coefficient (Wildman–Crippen LogP) is 2.87. The molecule has 3 aromatic rings. The van der Waals surface area contributed by atoms with Crippen molar-refractivity contribution in [3.8, 4) is 23.1 Å². The van der Waals surface area contributed by atoms with Crippen molar-refractivity contribution in [3.05, 3.63) is 42.7 Å². The van der Waals surface area contributed by atoms with Crippen molar-refractivity contribution >= 4 is 11.8 Å². The van der Waals surface area contributed by atoms with E-state index < -0.39 is 6.10 Å². The molecule has 0 fully saturated rings. The Morgan fingerprint density at radius 3 is 2.67 bits per heavy atom. The van der Waals surface area contributed by atoms with Gasteiger partial charge in [-0.2, -0.15) is 0 Å². The first-order valence-electron chi connectivity index (χ1n) is 7.19. The van der Waals surface area contributed by atoms with E-state index in [9.17, 15) is 5.11 Å². The number of hydrogen-bond acceptors (Lipinski definition) is 8. The van der Waals surface area contributed by atoms with Crippen LogP contribution in [0, 0.1) is 0 Å². The second-order valence-corrected chi connectivity index (χ2v) is 5.77. The lowest BCUT2D eigenvalue weighted by molar-refractivity contribution is 0.126. The maximum Gasteiger partial charge on any atom is 0.284 e. The molecule has 0 bridgehead atoms. The summed E-state index contributed by atoms with van der Waals surface area (Å²) in [5.74, 6) is 2.61. The Balaban J connectivity index is 1.44. The fraction of sp³-hybridized carbons (Fsp3) is 0.250. The minimum Gasteiger partial charge on any atom is -0.497 e. The first-order valence-corrected chi connectivity index (χ1v) is 8.18.